The number of hydrogen-bond acceptors (Lipinski definition) is 3. The molecule has 2 heterocycles. The molecular weight excluding hydrogens is 228 g/mol. The fourth-order valence-corrected chi connectivity index (χ4v) is 1.76. The quantitative estimate of drug-likeness (QED) is 0.664. The van der Waals surface area contributed by atoms with Gasteiger partial charge in [0.1, 0.15) is 17.2 Å². The summed E-state index contributed by atoms with van der Waals surface area (Å²) in [5.74, 6) is 3.98. The van der Waals surface area contributed by atoms with Crippen LogP contribution >= 0.6 is 0 Å². The van der Waals surface area contributed by atoms with Gasteiger partial charge in [-0.05, 0) is 30.7 Å². The number of hydrogen-bond donors (Lipinski definition) is 0. The van der Waals surface area contributed by atoms with Crippen LogP contribution in [0.15, 0.2) is 42.5 Å². The van der Waals surface area contributed by atoms with Crippen LogP contribution in [-0.2, 0) is 0 Å². The Balaban J connectivity index is 1.75. The second kappa shape index (κ2) is 4.61. The molecule has 0 radical (unpaired) electrons. The molecule has 0 unspecified atom stereocenters. The molecule has 2 aromatic rings. The largest absolute Gasteiger partial charge is 0.493 e. The van der Waals surface area contributed by atoms with Crippen LogP contribution in [0.1, 0.15) is 13.3 Å². The Kier molecular flexibility index (Phi) is 2.81. The fourth-order valence-electron chi connectivity index (χ4n) is 1.76. The van der Waals surface area contributed by atoms with Crippen molar-refractivity contribution in [3.05, 3.63) is 42.5 Å². The summed E-state index contributed by atoms with van der Waals surface area (Å²) in [5.41, 5.74) is 0. The van der Waals surface area contributed by atoms with Crippen molar-refractivity contribution in [2.45, 2.75) is 13.3 Å². The van der Waals surface area contributed by atoms with E-state index in [4.69, 9.17) is 14.2 Å². The van der Waals surface area contributed by atoms with Gasteiger partial charge in [-0.1, -0.05) is 13.0 Å². The molecule has 0 spiro atoms. The molecule has 0 saturated heterocycles. The van der Waals surface area contributed by atoms with Gasteiger partial charge in [-0.3, -0.25) is 0 Å². The van der Waals surface area contributed by atoms with Crippen LogP contribution < -0.4 is 14.2 Å². The molecule has 0 aliphatic carbocycles. The molecule has 3 nitrogen and oxygen atoms in total. The smallest absolute Gasteiger partial charge is 0.173 e. The Bertz CT molecular complexity index is 560. The average Bonchev–Trinajstić information content (AvgIpc) is 2.36. The third-order valence-electron chi connectivity index (χ3n) is 2.65. The minimum atomic E-state index is 0.715. The van der Waals surface area contributed by atoms with E-state index in [1.54, 1.807) is 0 Å². The van der Waals surface area contributed by atoms with Crippen molar-refractivity contribution in [3.8, 4) is 28.7 Å². The Morgan fingerprint density at radius 1 is 1.06 bits per heavy atom. The highest BCUT2D eigenvalue weighted by Gasteiger charge is 2.17. The molecule has 2 aromatic carbocycles. The summed E-state index contributed by atoms with van der Waals surface area (Å²) in [6.45, 7) is 2.80. The van der Waals surface area contributed by atoms with E-state index in [-0.39, 0.29) is 0 Å². The maximum absolute atomic E-state index is 5.77. The lowest BCUT2D eigenvalue weighted by Crippen LogP contribution is -1.98. The molecule has 3 heteroatoms. The van der Waals surface area contributed by atoms with E-state index in [1.165, 1.54) is 0 Å². The van der Waals surface area contributed by atoms with Crippen molar-refractivity contribution in [2.75, 3.05) is 6.61 Å². The van der Waals surface area contributed by atoms with Gasteiger partial charge < -0.3 is 14.2 Å². The first-order valence-corrected chi connectivity index (χ1v) is 6.08. The monoisotopic (exact) mass is 242 g/mol. The third-order valence-corrected chi connectivity index (χ3v) is 2.65. The van der Waals surface area contributed by atoms with Gasteiger partial charge in [0.25, 0.3) is 0 Å². The summed E-state index contributed by atoms with van der Waals surface area (Å²) in [5, 5.41) is 0. The van der Waals surface area contributed by atoms with E-state index in [1.807, 2.05) is 42.5 Å². The van der Waals surface area contributed by atoms with Crippen LogP contribution in [0, 0.1) is 0 Å². The SMILES string of the molecule is CCCOc1cccc(Oc2ccc3cc2O3)c1. The fraction of sp³-hybridized carbons (Fsp3) is 0.200. The van der Waals surface area contributed by atoms with E-state index >= 15 is 0 Å². The lowest BCUT2D eigenvalue weighted by atomic mass is 10.2. The first-order valence-electron chi connectivity index (χ1n) is 6.08. The molecule has 0 N–H and O–H groups in total. The highest BCUT2D eigenvalue weighted by Crippen LogP contribution is 2.44. The maximum Gasteiger partial charge on any atom is 0.173 e. The number of fused-ring (bicyclic) bond motifs is 2. The van der Waals surface area contributed by atoms with Gasteiger partial charge in [0.15, 0.2) is 11.5 Å². The van der Waals surface area contributed by atoms with Gasteiger partial charge in [-0.25, -0.2) is 0 Å². The average molecular weight is 242 g/mol. The summed E-state index contributed by atoms with van der Waals surface area (Å²) >= 11 is 0. The molecule has 92 valence electrons. The first kappa shape index (κ1) is 11.0. The van der Waals surface area contributed by atoms with Crippen molar-refractivity contribution in [2.24, 2.45) is 0 Å². The van der Waals surface area contributed by atoms with E-state index in [0.29, 0.717) is 6.61 Å². The molecule has 0 amide bonds. The predicted molar refractivity (Wildman–Crippen MR) is 68.8 cm³/mol. The number of rotatable bonds is 5. The Morgan fingerprint density at radius 3 is 2.61 bits per heavy atom. The van der Waals surface area contributed by atoms with Gasteiger partial charge in [-0.2, -0.15) is 0 Å². The van der Waals surface area contributed by atoms with Crippen LogP contribution in [-0.4, -0.2) is 6.61 Å². The second-order valence-corrected chi connectivity index (χ2v) is 4.14. The molecule has 2 aliphatic heterocycles. The Hall–Kier alpha value is -2.16. The molecule has 18 heavy (non-hydrogen) atoms. The zero-order valence-corrected chi connectivity index (χ0v) is 10.2. The number of benzene rings is 2. The van der Waals surface area contributed by atoms with E-state index in [9.17, 15) is 0 Å². The number of ether oxygens (including phenoxy) is 3. The van der Waals surface area contributed by atoms with Gasteiger partial charge in [0, 0.05) is 12.1 Å². The van der Waals surface area contributed by atoms with Crippen molar-refractivity contribution >= 4 is 0 Å². The normalized spacial score (nSPS) is 11.4. The second-order valence-electron chi connectivity index (χ2n) is 4.14. The minimum absolute atomic E-state index is 0.715. The molecule has 2 aliphatic rings. The van der Waals surface area contributed by atoms with Crippen LogP contribution in [0.5, 0.6) is 28.7 Å². The molecule has 2 bridgehead atoms. The molecule has 0 fully saturated rings. The van der Waals surface area contributed by atoms with Crippen molar-refractivity contribution in [3.63, 3.8) is 0 Å². The summed E-state index contributed by atoms with van der Waals surface area (Å²) < 4.78 is 16.7. The van der Waals surface area contributed by atoms with Crippen LogP contribution in [0.4, 0.5) is 0 Å². The van der Waals surface area contributed by atoms with Gasteiger partial charge >= 0.3 is 0 Å². The molecule has 0 atom stereocenters. The Morgan fingerprint density at radius 2 is 1.89 bits per heavy atom. The lowest BCUT2D eigenvalue weighted by Gasteiger charge is -2.19. The lowest BCUT2D eigenvalue weighted by molar-refractivity contribution is 0.315. The minimum Gasteiger partial charge on any atom is -0.493 e. The standard InChI is InChI=1S/C15H14O3/c1-2-8-16-11-4-3-5-12(9-11)17-14-7-6-13-10-15(14)18-13/h3-7,9-10H,2,8H2,1H3. The first-order chi connectivity index (χ1) is 8.85. The topological polar surface area (TPSA) is 27.7 Å². The maximum atomic E-state index is 5.77. The molecule has 0 aromatic heterocycles. The highest BCUT2D eigenvalue weighted by molar-refractivity contribution is 5.55. The van der Waals surface area contributed by atoms with Gasteiger partial charge in [-0.15, -0.1) is 0 Å². The van der Waals surface area contributed by atoms with E-state index < -0.39 is 0 Å². The summed E-state index contributed by atoms with van der Waals surface area (Å²) in [6.07, 6.45) is 0.991. The summed E-state index contributed by atoms with van der Waals surface area (Å²) in [6, 6.07) is 13.4. The predicted octanol–water partition coefficient (Wildman–Crippen LogP) is 4.37. The molecule has 0 saturated carbocycles. The van der Waals surface area contributed by atoms with E-state index in [2.05, 4.69) is 6.92 Å². The van der Waals surface area contributed by atoms with E-state index in [0.717, 1.165) is 35.2 Å². The Labute approximate surface area is 106 Å². The van der Waals surface area contributed by atoms with Crippen molar-refractivity contribution in [1.29, 1.82) is 0 Å². The van der Waals surface area contributed by atoms with Crippen LogP contribution in [0.3, 0.4) is 0 Å². The van der Waals surface area contributed by atoms with Crippen molar-refractivity contribution in [1.82, 2.24) is 0 Å². The third kappa shape index (κ3) is 2.12. The zero-order chi connectivity index (χ0) is 12.4. The summed E-state index contributed by atoms with van der Waals surface area (Å²) in [4.78, 5) is 0. The zero-order valence-electron chi connectivity index (χ0n) is 10.2. The highest BCUT2D eigenvalue weighted by atomic mass is 16.5. The van der Waals surface area contributed by atoms with Crippen LogP contribution in [0.2, 0.25) is 0 Å². The molecule has 4 rings (SSSR count). The summed E-state index contributed by atoms with van der Waals surface area (Å²) in [7, 11) is 0. The van der Waals surface area contributed by atoms with Crippen molar-refractivity contribution < 1.29 is 14.2 Å². The molecular formula is C15H14O3. The van der Waals surface area contributed by atoms with Gasteiger partial charge in [0.2, 0.25) is 0 Å². The van der Waals surface area contributed by atoms with Gasteiger partial charge in [0.05, 0.1) is 6.61 Å². The van der Waals surface area contributed by atoms with Crippen LogP contribution in [0.25, 0.3) is 0 Å².